The predicted molar refractivity (Wildman–Crippen MR) is 46.0 cm³/mol. The lowest BCUT2D eigenvalue weighted by Crippen LogP contribution is -2.28. The van der Waals surface area contributed by atoms with Crippen LogP contribution in [0.4, 0.5) is 0 Å². The molecular weight excluding hydrogens is 124 g/mol. The van der Waals surface area contributed by atoms with Crippen molar-refractivity contribution in [2.24, 2.45) is 11.1 Å². The maximum absolute atomic E-state index is 6.68. The summed E-state index contributed by atoms with van der Waals surface area (Å²) < 4.78 is 6.68. The fraction of sp³-hybridized carbons (Fsp3) is 1.00. The van der Waals surface area contributed by atoms with E-state index in [4.69, 9.17) is 1.41 Å². The van der Waals surface area contributed by atoms with Crippen LogP contribution >= 0.6 is 0 Å². The molecule has 0 radical (unpaired) electrons. The predicted octanol–water partition coefficient (Wildman–Crippen LogP) is 0.971. The van der Waals surface area contributed by atoms with Gasteiger partial charge in [-0.3, -0.25) is 0 Å². The van der Waals surface area contributed by atoms with Crippen LogP contribution in [0.25, 0.3) is 0 Å². The van der Waals surface area contributed by atoms with Crippen molar-refractivity contribution < 1.29 is 1.41 Å². The highest BCUT2D eigenvalue weighted by molar-refractivity contribution is 4.64. The molecule has 0 unspecified atom stereocenters. The maximum atomic E-state index is 6.68. The Bertz CT molecular complexity index is 88.6. The molecule has 0 aromatic heterocycles. The molecule has 0 fully saturated rings. The maximum Gasteiger partial charge on any atom is 0.118 e. The first-order valence-electron chi connectivity index (χ1n) is 4.41. The van der Waals surface area contributed by atoms with E-state index < -0.39 is 0 Å². The molecule has 0 rings (SSSR count). The van der Waals surface area contributed by atoms with Gasteiger partial charge in [-0.25, -0.2) is 0 Å². The van der Waals surface area contributed by atoms with Crippen molar-refractivity contribution >= 4 is 0 Å². The van der Waals surface area contributed by atoms with E-state index in [-0.39, 0.29) is 0 Å². The Hall–Kier alpha value is -0.0800. The standard InChI is InChI=1S/C8H20N2/c1-8(2,3)7-10-6-4-5-9/h10H,4-7,9H2,1-3H3/i/hD. The van der Waals surface area contributed by atoms with Gasteiger partial charge in [-0.1, -0.05) is 20.8 Å². The molecule has 0 saturated carbocycles. The summed E-state index contributed by atoms with van der Waals surface area (Å²) in [6.07, 6.45) is 1.03. The Balaban J connectivity index is 3.02. The summed E-state index contributed by atoms with van der Waals surface area (Å²) in [5.41, 5.74) is 2.74. The van der Waals surface area contributed by atoms with E-state index in [2.05, 4.69) is 31.8 Å². The second-order valence-corrected chi connectivity index (χ2v) is 3.84. The van der Waals surface area contributed by atoms with Gasteiger partial charge in [-0.15, -0.1) is 0 Å². The minimum absolute atomic E-state index is 0.369. The van der Waals surface area contributed by atoms with Gasteiger partial charge in [0, 0.05) is 0 Å². The lowest BCUT2D eigenvalue weighted by atomic mass is 9.97. The highest BCUT2D eigenvalue weighted by Crippen LogP contribution is 2.09. The van der Waals surface area contributed by atoms with Crippen LogP contribution in [-0.2, 0) is 0 Å². The van der Waals surface area contributed by atoms with Gasteiger partial charge in [-0.2, -0.15) is 0 Å². The fourth-order valence-corrected chi connectivity index (χ4v) is 0.677. The topological polar surface area (TPSA) is 38.0 Å². The molecule has 0 saturated heterocycles. The zero-order valence-electron chi connectivity index (χ0n) is 8.33. The molecule has 0 aromatic carbocycles. The average Bonchev–Trinajstić information content (AvgIpc) is 1.85. The number of hydrogen-bond donors (Lipinski definition) is 2. The van der Waals surface area contributed by atoms with E-state index in [1.165, 1.54) is 0 Å². The molecule has 0 atom stereocenters. The third kappa shape index (κ3) is 7.92. The van der Waals surface area contributed by atoms with E-state index in [0.29, 0.717) is 5.41 Å². The van der Waals surface area contributed by atoms with Crippen LogP contribution in [0.5, 0.6) is 0 Å². The first-order chi connectivity index (χ1) is 5.06. The normalized spacial score (nSPS) is 13.3. The molecule has 2 heteroatoms. The summed E-state index contributed by atoms with van der Waals surface area (Å²) in [5.74, 6) is 0. The minimum atomic E-state index is 0.369. The quantitative estimate of drug-likeness (QED) is 0.566. The highest BCUT2D eigenvalue weighted by atomic mass is 14.9. The summed E-state index contributed by atoms with van der Waals surface area (Å²) in [7, 11) is 0. The van der Waals surface area contributed by atoms with Gasteiger partial charge in [0.15, 0.2) is 0 Å². The fourth-order valence-electron chi connectivity index (χ4n) is 0.677. The Morgan fingerprint density at radius 3 is 2.70 bits per heavy atom. The third-order valence-corrected chi connectivity index (χ3v) is 1.19. The first kappa shape index (κ1) is 8.02. The van der Waals surface area contributed by atoms with Crippen molar-refractivity contribution in [2.45, 2.75) is 27.2 Å². The van der Waals surface area contributed by atoms with Crippen LogP contribution in [0.1, 0.15) is 27.2 Å². The summed E-state index contributed by atoms with van der Waals surface area (Å²) >= 11 is 0. The van der Waals surface area contributed by atoms with Crippen molar-refractivity contribution in [2.75, 3.05) is 19.6 Å². The number of rotatable bonds is 5. The van der Waals surface area contributed by atoms with Gasteiger partial charge in [0.2, 0.25) is 0 Å². The molecule has 10 heavy (non-hydrogen) atoms. The van der Waals surface area contributed by atoms with E-state index in [9.17, 15) is 0 Å². The number of nitrogens with two attached hydrogens (primary N) is 1. The zero-order chi connectivity index (χ0) is 8.74. The molecule has 0 aliphatic heterocycles. The molecule has 0 aliphatic rings. The summed E-state index contributed by atoms with van der Waals surface area (Å²) in [6, 6.07) is 0. The van der Waals surface area contributed by atoms with E-state index in [0.717, 1.165) is 26.1 Å². The van der Waals surface area contributed by atoms with Crippen LogP contribution in [0.2, 0.25) is 1.41 Å². The summed E-state index contributed by atoms with van der Waals surface area (Å²) in [5, 5.41) is 3.34. The van der Waals surface area contributed by atoms with Crippen molar-refractivity contribution in [1.82, 2.24) is 5.32 Å². The van der Waals surface area contributed by atoms with Crippen molar-refractivity contribution in [3.8, 4) is 0 Å². The Morgan fingerprint density at radius 2 is 2.20 bits per heavy atom. The molecule has 0 heterocycles. The van der Waals surface area contributed by atoms with Crippen LogP contribution < -0.4 is 11.0 Å². The average molecular weight is 145 g/mol. The smallest absolute Gasteiger partial charge is 0.118 e. The summed E-state index contributed by atoms with van der Waals surface area (Å²) in [6.45, 7) is 9.46. The molecule has 0 spiro atoms. The van der Waals surface area contributed by atoms with Crippen LogP contribution in [0.3, 0.4) is 0 Å². The second kappa shape index (κ2) is 4.69. The zero-order valence-corrected chi connectivity index (χ0v) is 7.33. The second-order valence-electron chi connectivity index (χ2n) is 3.84. The van der Waals surface area contributed by atoms with Gasteiger partial charge >= 0.3 is 0 Å². The van der Waals surface area contributed by atoms with Gasteiger partial charge in [0.1, 0.15) is 1.41 Å². The van der Waals surface area contributed by atoms with Gasteiger partial charge in [-0.05, 0) is 31.5 Å². The van der Waals surface area contributed by atoms with Gasteiger partial charge in [0.05, 0.1) is 0 Å². The Morgan fingerprint density at radius 1 is 1.50 bits per heavy atom. The van der Waals surface area contributed by atoms with Crippen molar-refractivity contribution in [3.63, 3.8) is 0 Å². The van der Waals surface area contributed by atoms with Crippen molar-refractivity contribution in [1.29, 1.82) is 0 Å². The van der Waals surface area contributed by atoms with Gasteiger partial charge in [0.25, 0.3) is 0 Å². The number of hydrogen-bond acceptors (Lipinski definition) is 2. The molecule has 0 aromatic rings. The van der Waals surface area contributed by atoms with E-state index >= 15 is 0 Å². The van der Waals surface area contributed by atoms with Crippen molar-refractivity contribution in [3.05, 3.63) is 0 Å². The van der Waals surface area contributed by atoms with Gasteiger partial charge < -0.3 is 11.0 Å². The summed E-state index contributed by atoms with van der Waals surface area (Å²) in [4.78, 5) is 0. The highest BCUT2D eigenvalue weighted by Gasteiger charge is 2.07. The largest absolute Gasteiger partial charge is 0.330 e. The lowest BCUT2D eigenvalue weighted by Gasteiger charge is -2.18. The van der Waals surface area contributed by atoms with Crippen LogP contribution in [-0.4, -0.2) is 19.6 Å². The minimum Gasteiger partial charge on any atom is -0.330 e. The lowest BCUT2D eigenvalue weighted by molar-refractivity contribution is 0.380. The van der Waals surface area contributed by atoms with Crippen LogP contribution in [0, 0.1) is 5.41 Å². The van der Waals surface area contributed by atoms with Crippen LogP contribution in [0.15, 0.2) is 0 Å². The monoisotopic (exact) mass is 145 g/mol. The first-order valence-corrected chi connectivity index (χ1v) is 3.91. The Kier molecular flexibility index (Phi) is 3.76. The molecule has 62 valence electrons. The third-order valence-electron chi connectivity index (χ3n) is 1.19. The molecule has 0 amide bonds. The Labute approximate surface area is 65.6 Å². The van der Waals surface area contributed by atoms with E-state index in [1.807, 2.05) is 0 Å². The molecule has 0 bridgehead atoms. The molecular formula is C8H20N2. The molecule has 0 aliphatic carbocycles. The SMILES string of the molecule is [2H]NCCCNCC(C)(C)C. The molecule has 2 nitrogen and oxygen atoms in total. The van der Waals surface area contributed by atoms with E-state index in [1.54, 1.807) is 0 Å². The molecule has 3 N–H and O–H groups in total. The number of nitrogens with one attached hydrogen (secondary N) is 1.